The number of nitrogens with zero attached hydrogens (tertiary/aromatic N) is 3. The van der Waals surface area contributed by atoms with E-state index in [1.165, 1.54) is 11.0 Å². The highest BCUT2D eigenvalue weighted by Crippen LogP contribution is 2.35. The van der Waals surface area contributed by atoms with Gasteiger partial charge in [0.2, 0.25) is 11.8 Å². The minimum atomic E-state index is -0.508. The number of amides is 2. The van der Waals surface area contributed by atoms with E-state index in [0.717, 1.165) is 22.8 Å². The van der Waals surface area contributed by atoms with Crippen LogP contribution < -0.4 is 10.2 Å². The van der Waals surface area contributed by atoms with Gasteiger partial charge >= 0.3 is 0 Å². The number of aryl methyl sites for hydroxylation is 1. The van der Waals surface area contributed by atoms with Gasteiger partial charge in [-0.15, -0.1) is 0 Å². The molecule has 1 atom stereocenters. The number of aromatic nitrogens is 2. The third kappa shape index (κ3) is 2.80. The summed E-state index contributed by atoms with van der Waals surface area (Å²) in [5, 5.41) is 7.33. The van der Waals surface area contributed by atoms with Crippen LogP contribution in [-0.2, 0) is 28.1 Å². The molecule has 1 aromatic carbocycles. The van der Waals surface area contributed by atoms with Crippen molar-refractivity contribution in [3.8, 4) is 0 Å². The fourth-order valence-electron chi connectivity index (χ4n) is 3.30. The largest absolute Gasteiger partial charge is 0.310 e. The van der Waals surface area contributed by atoms with Gasteiger partial charge in [0, 0.05) is 37.1 Å². The molecule has 3 heterocycles. The SMILES string of the molecule is Cn1nc2c(c1NC(=O)C1CC(=O)N(c3ccccc3F)C1)CSC2. The van der Waals surface area contributed by atoms with Gasteiger partial charge in [-0.05, 0) is 12.1 Å². The van der Waals surface area contributed by atoms with Crippen LogP contribution in [0, 0.1) is 11.7 Å². The Kier molecular flexibility index (Phi) is 3.99. The van der Waals surface area contributed by atoms with Crippen LogP contribution in [0.1, 0.15) is 17.7 Å². The fourth-order valence-corrected chi connectivity index (χ4v) is 4.34. The van der Waals surface area contributed by atoms with E-state index in [9.17, 15) is 14.0 Å². The Morgan fingerprint density at radius 2 is 2.16 bits per heavy atom. The van der Waals surface area contributed by atoms with Gasteiger partial charge in [0.05, 0.1) is 17.3 Å². The molecular formula is C17H17FN4O2S. The lowest BCUT2D eigenvalue weighted by Gasteiger charge is -2.17. The van der Waals surface area contributed by atoms with Crippen molar-refractivity contribution in [3.63, 3.8) is 0 Å². The zero-order chi connectivity index (χ0) is 17.6. The number of halogens is 1. The smallest absolute Gasteiger partial charge is 0.230 e. The maximum Gasteiger partial charge on any atom is 0.230 e. The number of thioether (sulfide) groups is 1. The Hall–Kier alpha value is -2.35. The summed E-state index contributed by atoms with van der Waals surface area (Å²) in [6.07, 6.45) is 0.0783. The average molecular weight is 360 g/mol. The molecule has 1 saturated heterocycles. The predicted molar refractivity (Wildman–Crippen MR) is 93.7 cm³/mol. The third-order valence-electron chi connectivity index (χ3n) is 4.59. The molecule has 2 aromatic rings. The van der Waals surface area contributed by atoms with Gasteiger partial charge in [-0.1, -0.05) is 12.1 Å². The predicted octanol–water partition coefficient (Wildman–Crippen LogP) is 2.30. The first kappa shape index (κ1) is 16.1. The quantitative estimate of drug-likeness (QED) is 0.912. The molecule has 2 aliphatic rings. The molecule has 25 heavy (non-hydrogen) atoms. The Bertz CT molecular complexity index is 866. The highest BCUT2D eigenvalue weighted by molar-refractivity contribution is 7.98. The molecule has 1 fully saturated rings. The van der Waals surface area contributed by atoms with Gasteiger partial charge in [-0.2, -0.15) is 16.9 Å². The molecule has 130 valence electrons. The maximum absolute atomic E-state index is 13.9. The van der Waals surface area contributed by atoms with Crippen LogP contribution in [0.25, 0.3) is 0 Å². The highest BCUT2D eigenvalue weighted by atomic mass is 32.2. The molecule has 1 unspecified atom stereocenters. The molecule has 1 N–H and O–H groups in total. The van der Waals surface area contributed by atoms with Crippen molar-refractivity contribution in [1.82, 2.24) is 9.78 Å². The molecule has 8 heteroatoms. The van der Waals surface area contributed by atoms with Crippen molar-refractivity contribution >= 4 is 35.1 Å². The molecule has 0 aliphatic carbocycles. The van der Waals surface area contributed by atoms with Crippen molar-refractivity contribution in [2.45, 2.75) is 17.9 Å². The van der Waals surface area contributed by atoms with Crippen LogP contribution in [0.4, 0.5) is 15.9 Å². The summed E-state index contributed by atoms with van der Waals surface area (Å²) in [5.74, 6) is 0.934. The van der Waals surface area contributed by atoms with Crippen LogP contribution in [0.3, 0.4) is 0 Å². The Balaban J connectivity index is 1.51. The van der Waals surface area contributed by atoms with Crippen molar-refractivity contribution in [2.24, 2.45) is 13.0 Å². The molecule has 2 aliphatic heterocycles. The molecule has 0 radical (unpaired) electrons. The van der Waals surface area contributed by atoms with Crippen LogP contribution in [-0.4, -0.2) is 28.1 Å². The van der Waals surface area contributed by atoms with Crippen molar-refractivity contribution < 1.29 is 14.0 Å². The summed E-state index contributed by atoms with van der Waals surface area (Å²) in [6, 6.07) is 6.12. The average Bonchev–Trinajstić information content (AvgIpc) is 3.25. The van der Waals surface area contributed by atoms with E-state index in [1.54, 1.807) is 41.7 Å². The van der Waals surface area contributed by atoms with E-state index < -0.39 is 11.7 Å². The number of benzene rings is 1. The van der Waals surface area contributed by atoms with Gasteiger partial charge < -0.3 is 10.2 Å². The van der Waals surface area contributed by atoms with Crippen molar-refractivity contribution in [1.29, 1.82) is 0 Å². The Morgan fingerprint density at radius 1 is 1.36 bits per heavy atom. The molecule has 4 rings (SSSR count). The van der Waals surface area contributed by atoms with Gasteiger partial charge in [0.25, 0.3) is 0 Å². The lowest BCUT2D eigenvalue weighted by Crippen LogP contribution is -2.29. The number of hydrogen-bond donors (Lipinski definition) is 1. The third-order valence-corrected chi connectivity index (χ3v) is 5.56. The van der Waals surface area contributed by atoms with Crippen molar-refractivity contribution in [2.75, 3.05) is 16.8 Å². The maximum atomic E-state index is 13.9. The summed E-state index contributed by atoms with van der Waals surface area (Å²) < 4.78 is 15.6. The number of carbonyl (C=O) groups is 2. The van der Waals surface area contributed by atoms with E-state index in [2.05, 4.69) is 10.4 Å². The van der Waals surface area contributed by atoms with Crippen LogP contribution in [0.2, 0.25) is 0 Å². The molecule has 0 bridgehead atoms. The van der Waals surface area contributed by atoms with Gasteiger partial charge in [0.15, 0.2) is 0 Å². The number of hydrogen-bond acceptors (Lipinski definition) is 4. The van der Waals surface area contributed by atoms with E-state index in [4.69, 9.17) is 0 Å². The van der Waals surface area contributed by atoms with Gasteiger partial charge in [-0.3, -0.25) is 14.3 Å². The zero-order valence-corrected chi connectivity index (χ0v) is 14.5. The standard InChI is InChI=1S/C17H17FN4O2S/c1-21-16(11-8-25-9-13(11)20-21)19-17(24)10-6-15(23)22(7-10)14-5-3-2-4-12(14)18/h2-5,10H,6-9H2,1H3,(H,19,24). The second-order valence-corrected chi connectivity index (χ2v) is 7.22. The monoisotopic (exact) mass is 360 g/mol. The lowest BCUT2D eigenvalue weighted by atomic mass is 10.1. The van der Waals surface area contributed by atoms with Gasteiger partial charge in [-0.25, -0.2) is 4.39 Å². The normalized spacial score (nSPS) is 19.4. The number of fused-ring (bicyclic) bond motifs is 1. The first-order valence-electron chi connectivity index (χ1n) is 8.03. The highest BCUT2D eigenvalue weighted by Gasteiger charge is 2.37. The number of carbonyl (C=O) groups excluding carboxylic acids is 2. The number of para-hydroxylation sites is 1. The topological polar surface area (TPSA) is 67.2 Å². The Labute approximate surface area is 148 Å². The van der Waals surface area contributed by atoms with Crippen LogP contribution in [0.5, 0.6) is 0 Å². The molecule has 0 spiro atoms. The molecular weight excluding hydrogens is 343 g/mol. The lowest BCUT2D eigenvalue weighted by molar-refractivity contribution is -0.122. The summed E-state index contributed by atoms with van der Waals surface area (Å²) in [5.41, 5.74) is 2.27. The Morgan fingerprint density at radius 3 is 2.96 bits per heavy atom. The molecule has 0 saturated carbocycles. The van der Waals surface area contributed by atoms with E-state index >= 15 is 0 Å². The molecule has 2 amide bonds. The van der Waals surface area contributed by atoms with E-state index in [1.807, 2.05) is 0 Å². The van der Waals surface area contributed by atoms with E-state index in [0.29, 0.717) is 5.82 Å². The second-order valence-electron chi connectivity index (χ2n) is 6.24. The first-order chi connectivity index (χ1) is 12.0. The first-order valence-corrected chi connectivity index (χ1v) is 9.18. The zero-order valence-electron chi connectivity index (χ0n) is 13.7. The second kappa shape index (κ2) is 6.18. The summed E-state index contributed by atoms with van der Waals surface area (Å²) in [6.45, 7) is 0.181. The van der Waals surface area contributed by atoms with Crippen molar-refractivity contribution in [3.05, 3.63) is 41.3 Å². The minimum absolute atomic E-state index is 0.0783. The summed E-state index contributed by atoms with van der Waals surface area (Å²) >= 11 is 1.76. The minimum Gasteiger partial charge on any atom is -0.310 e. The summed E-state index contributed by atoms with van der Waals surface area (Å²) in [4.78, 5) is 26.2. The number of nitrogens with one attached hydrogen (secondary N) is 1. The summed E-state index contributed by atoms with van der Waals surface area (Å²) in [7, 11) is 1.80. The molecule has 6 nitrogen and oxygen atoms in total. The van der Waals surface area contributed by atoms with Crippen LogP contribution >= 0.6 is 11.8 Å². The fraction of sp³-hybridized carbons (Fsp3) is 0.353. The van der Waals surface area contributed by atoms with E-state index in [-0.39, 0.29) is 30.5 Å². The van der Waals surface area contributed by atoms with Gasteiger partial charge in [0.1, 0.15) is 11.6 Å². The molecule has 1 aromatic heterocycles. The number of anilines is 2. The number of rotatable bonds is 3. The van der Waals surface area contributed by atoms with Crippen LogP contribution in [0.15, 0.2) is 24.3 Å².